The lowest BCUT2D eigenvalue weighted by atomic mass is 10.4. The van der Waals surface area contributed by atoms with E-state index in [-0.39, 0.29) is 5.91 Å². The van der Waals surface area contributed by atoms with Gasteiger partial charge in [0.05, 0.1) is 13.3 Å². The highest BCUT2D eigenvalue weighted by atomic mass is 79.9. The maximum Gasteiger partial charge on any atom is 0.284 e. The van der Waals surface area contributed by atoms with Crippen LogP contribution in [-0.4, -0.2) is 23.0 Å². The number of thiazole rings is 1. The van der Waals surface area contributed by atoms with Crippen molar-refractivity contribution in [3.05, 3.63) is 33.5 Å². The maximum atomic E-state index is 11.8. The number of carbonyl (C=O) groups is 1. The van der Waals surface area contributed by atoms with Gasteiger partial charge in [-0.3, -0.25) is 9.78 Å². The topological polar surface area (TPSA) is 64.1 Å². The van der Waals surface area contributed by atoms with Crippen molar-refractivity contribution in [2.75, 3.05) is 12.4 Å². The van der Waals surface area contributed by atoms with Gasteiger partial charge in [-0.05, 0) is 15.9 Å². The zero-order valence-electron chi connectivity index (χ0n) is 8.81. The molecule has 0 unspecified atom stereocenters. The van der Waals surface area contributed by atoms with Crippen molar-refractivity contribution in [1.82, 2.24) is 9.97 Å². The van der Waals surface area contributed by atoms with Gasteiger partial charge < -0.3 is 10.1 Å². The van der Waals surface area contributed by atoms with E-state index >= 15 is 0 Å². The molecule has 0 bridgehead atoms. The first-order valence-corrected chi connectivity index (χ1v) is 6.28. The number of anilines is 1. The molecular formula is C10H8BrN3O2S. The molecule has 0 aromatic carbocycles. The minimum atomic E-state index is -0.285. The summed E-state index contributed by atoms with van der Waals surface area (Å²) >= 11 is 4.46. The minimum Gasteiger partial charge on any atom is -0.494 e. The van der Waals surface area contributed by atoms with Gasteiger partial charge in [-0.15, -0.1) is 11.3 Å². The highest BCUT2D eigenvalue weighted by Crippen LogP contribution is 2.23. The van der Waals surface area contributed by atoms with E-state index in [1.54, 1.807) is 17.6 Å². The van der Waals surface area contributed by atoms with Crippen LogP contribution in [0.4, 0.5) is 5.69 Å². The Hall–Kier alpha value is -1.47. The van der Waals surface area contributed by atoms with Crippen LogP contribution in [0.5, 0.6) is 5.75 Å². The molecule has 0 atom stereocenters. The van der Waals surface area contributed by atoms with Crippen molar-refractivity contribution in [3.63, 3.8) is 0 Å². The molecule has 0 saturated carbocycles. The molecular weight excluding hydrogens is 306 g/mol. The van der Waals surface area contributed by atoms with Crippen molar-refractivity contribution in [2.45, 2.75) is 0 Å². The quantitative estimate of drug-likeness (QED) is 0.946. The molecule has 0 fully saturated rings. The average Bonchev–Trinajstić information content (AvgIpc) is 2.77. The minimum absolute atomic E-state index is 0.285. The summed E-state index contributed by atoms with van der Waals surface area (Å²) in [5.41, 5.74) is 0.520. The van der Waals surface area contributed by atoms with Gasteiger partial charge in [-0.1, -0.05) is 0 Å². The molecule has 17 heavy (non-hydrogen) atoms. The predicted octanol–water partition coefficient (Wildman–Crippen LogP) is 2.56. The van der Waals surface area contributed by atoms with Crippen LogP contribution in [0.1, 0.15) is 9.80 Å². The molecule has 7 heteroatoms. The van der Waals surface area contributed by atoms with Crippen LogP contribution in [0.15, 0.2) is 28.4 Å². The van der Waals surface area contributed by atoms with Crippen LogP contribution < -0.4 is 10.1 Å². The highest BCUT2D eigenvalue weighted by Gasteiger charge is 2.12. The Balaban J connectivity index is 2.18. The molecule has 2 rings (SSSR count). The molecule has 0 radical (unpaired) electrons. The molecule has 0 saturated heterocycles. The van der Waals surface area contributed by atoms with Gasteiger partial charge in [-0.2, -0.15) is 0 Å². The largest absolute Gasteiger partial charge is 0.494 e. The zero-order chi connectivity index (χ0) is 12.3. The van der Waals surface area contributed by atoms with Gasteiger partial charge in [0.25, 0.3) is 5.91 Å². The second-order valence-electron chi connectivity index (χ2n) is 3.01. The number of carbonyl (C=O) groups excluding carboxylic acids is 1. The SMILES string of the molecule is COc1ccncc1NC(=O)c1nc(Br)cs1. The highest BCUT2D eigenvalue weighted by molar-refractivity contribution is 9.10. The van der Waals surface area contributed by atoms with Gasteiger partial charge in [0, 0.05) is 17.6 Å². The summed E-state index contributed by atoms with van der Waals surface area (Å²) in [6, 6.07) is 1.67. The van der Waals surface area contributed by atoms with Crippen molar-refractivity contribution >= 4 is 38.9 Å². The molecule has 88 valence electrons. The Kier molecular flexibility index (Phi) is 3.70. The number of methoxy groups -OCH3 is 1. The Morgan fingerprint density at radius 1 is 1.59 bits per heavy atom. The Morgan fingerprint density at radius 3 is 3.06 bits per heavy atom. The van der Waals surface area contributed by atoms with E-state index in [1.165, 1.54) is 24.6 Å². The smallest absolute Gasteiger partial charge is 0.284 e. The number of aromatic nitrogens is 2. The fourth-order valence-corrected chi connectivity index (χ4v) is 2.33. The molecule has 2 aromatic rings. The number of nitrogens with zero attached hydrogens (tertiary/aromatic N) is 2. The average molecular weight is 314 g/mol. The normalized spacial score (nSPS) is 10.0. The lowest BCUT2D eigenvalue weighted by Gasteiger charge is -2.07. The summed E-state index contributed by atoms with van der Waals surface area (Å²) in [6.45, 7) is 0. The molecule has 5 nitrogen and oxygen atoms in total. The molecule has 1 N–H and O–H groups in total. The van der Waals surface area contributed by atoms with Gasteiger partial charge in [0.15, 0.2) is 5.01 Å². The monoisotopic (exact) mass is 313 g/mol. The van der Waals surface area contributed by atoms with E-state index in [2.05, 4.69) is 31.2 Å². The summed E-state index contributed by atoms with van der Waals surface area (Å²) in [6.07, 6.45) is 3.12. The van der Waals surface area contributed by atoms with Crippen molar-refractivity contribution in [1.29, 1.82) is 0 Å². The molecule has 2 heterocycles. The van der Waals surface area contributed by atoms with Gasteiger partial charge >= 0.3 is 0 Å². The Labute approximate surface area is 110 Å². The number of hydrogen-bond acceptors (Lipinski definition) is 5. The molecule has 0 aliphatic carbocycles. The predicted molar refractivity (Wildman–Crippen MR) is 68.6 cm³/mol. The van der Waals surface area contributed by atoms with Gasteiger partial charge in [-0.25, -0.2) is 4.98 Å². The van der Waals surface area contributed by atoms with Crippen molar-refractivity contribution < 1.29 is 9.53 Å². The number of hydrogen-bond donors (Lipinski definition) is 1. The van der Waals surface area contributed by atoms with E-state index in [1.807, 2.05) is 0 Å². The molecule has 1 amide bonds. The van der Waals surface area contributed by atoms with E-state index in [4.69, 9.17) is 4.74 Å². The second kappa shape index (κ2) is 5.24. The van der Waals surface area contributed by atoms with E-state index in [9.17, 15) is 4.79 Å². The molecule has 0 spiro atoms. The van der Waals surface area contributed by atoms with Crippen molar-refractivity contribution in [3.8, 4) is 5.75 Å². The number of halogens is 1. The zero-order valence-corrected chi connectivity index (χ0v) is 11.2. The van der Waals surface area contributed by atoms with Crippen LogP contribution >= 0.6 is 27.3 Å². The lowest BCUT2D eigenvalue weighted by molar-refractivity contribution is 0.102. The summed E-state index contributed by atoms with van der Waals surface area (Å²) in [7, 11) is 1.53. The Bertz CT molecular complexity index is 544. The number of pyridine rings is 1. The van der Waals surface area contributed by atoms with Crippen LogP contribution in [0, 0.1) is 0 Å². The number of nitrogens with one attached hydrogen (secondary N) is 1. The Morgan fingerprint density at radius 2 is 2.41 bits per heavy atom. The third-order valence-corrected chi connectivity index (χ3v) is 3.47. The third-order valence-electron chi connectivity index (χ3n) is 1.92. The summed E-state index contributed by atoms with van der Waals surface area (Å²) in [4.78, 5) is 19.8. The van der Waals surface area contributed by atoms with Crippen LogP contribution in [0.3, 0.4) is 0 Å². The van der Waals surface area contributed by atoms with Crippen LogP contribution in [0.2, 0.25) is 0 Å². The maximum absolute atomic E-state index is 11.8. The summed E-state index contributed by atoms with van der Waals surface area (Å²) in [5, 5.41) is 4.81. The number of ether oxygens (including phenoxy) is 1. The van der Waals surface area contributed by atoms with E-state index in [0.29, 0.717) is 21.0 Å². The molecule has 2 aromatic heterocycles. The van der Waals surface area contributed by atoms with E-state index < -0.39 is 0 Å². The lowest BCUT2D eigenvalue weighted by Crippen LogP contribution is -2.12. The number of rotatable bonds is 3. The first-order valence-electron chi connectivity index (χ1n) is 4.61. The third kappa shape index (κ3) is 2.80. The number of amides is 1. The van der Waals surface area contributed by atoms with Gasteiger partial charge in [0.2, 0.25) is 0 Å². The fraction of sp³-hybridized carbons (Fsp3) is 0.100. The van der Waals surface area contributed by atoms with Crippen LogP contribution in [-0.2, 0) is 0 Å². The van der Waals surface area contributed by atoms with Crippen molar-refractivity contribution in [2.24, 2.45) is 0 Å². The standard InChI is InChI=1S/C10H8BrN3O2S/c1-16-7-2-3-12-4-6(7)13-9(15)10-14-8(11)5-17-10/h2-5H,1H3,(H,13,15). The summed E-state index contributed by atoms with van der Waals surface area (Å²) < 4.78 is 5.75. The first-order chi connectivity index (χ1) is 8.20. The second-order valence-corrected chi connectivity index (χ2v) is 4.68. The molecule has 0 aliphatic rings. The van der Waals surface area contributed by atoms with Crippen LogP contribution in [0.25, 0.3) is 0 Å². The fourth-order valence-electron chi connectivity index (χ4n) is 1.19. The van der Waals surface area contributed by atoms with Gasteiger partial charge in [0.1, 0.15) is 16.0 Å². The molecule has 0 aliphatic heterocycles. The van der Waals surface area contributed by atoms with E-state index in [0.717, 1.165) is 0 Å². The summed E-state index contributed by atoms with van der Waals surface area (Å²) in [5.74, 6) is 0.274. The first kappa shape index (κ1) is 12.0.